The third-order valence-electron chi connectivity index (χ3n) is 5.72. The van der Waals surface area contributed by atoms with E-state index in [9.17, 15) is 14.7 Å². The summed E-state index contributed by atoms with van der Waals surface area (Å²) in [4.78, 5) is 28.1. The molecule has 3 aromatic carbocycles. The van der Waals surface area contributed by atoms with Gasteiger partial charge in [0.15, 0.2) is 11.5 Å². The van der Waals surface area contributed by atoms with Gasteiger partial charge in [0.05, 0.1) is 25.8 Å². The summed E-state index contributed by atoms with van der Waals surface area (Å²) in [5.74, 6) is -0.691. The zero-order valence-electron chi connectivity index (χ0n) is 19.2. The number of methoxy groups -OCH3 is 2. The van der Waals surface area contributed by atoms with Crippen molar-refractivity contribution in [3.05, 3.63) is 107 Å². The van der Waals surface area contributed by atoms with Gasteiger partial charge in [-0.1, -0.05) is 48.5 Å². The molecule has 1 unspecified atom stereocenters. The Balaban J connectivity index is 1.85. The lowest BCUT2D eigenvalue weighted by Gasteiger charge is -2.28. The maximum Gasteiger partial charge on any atom is 0.294 e. The maximum absolute atomic E-state index is 13.4. The van der Waals surface area contributed by atoms with Crippen LogP contribution in [-0.4, -0.2) is 31.0 Å². The fraction of sp³-hybridized carbons (Fsp3) is 0.143. The molecule has 0 saturated heterocycles. The fourth-order valence-electron chi connectivity index (χ4n) is 4.07. The average molecular weight is 456 g/mol. The highest BCUT2D eigenvalue weighted by molar-refractivity contribution is 6.20. The number of ketones is 1. The molecule has 1 heterocycles. The van der Waals surface area contributed by atoms with Gasteiger partial charge in [0, 0.05) is 17.3 Å². The van der Waals surface area contributed by atoms with E-state index in [1.165, 1.54) is 18.1 Å². The number of nitrogens with zero attached hydrogens (tertiary/aromatic N) is 1. The lowest BCUT2D eigenvalue weighted by atomic mass is 9.94. The van der Waals surface area contributed by atoms with Crippen LogP contribution in [0.5, 0.6) is 11.5 Å². The van der Waals surface area contributed by atoms with Crippen LogP contribution in [0.25, 0.3) is 6.08 Å². The number of aliphatic hydroxyl groups excluding tert-OH is 1. The predicted octanol–water partition coefficient (Wildman–Crippen LogP) is 5.19. The van der Waals surface area contributed by atoms with Crippen molar-refractivity contribution in [2.45, 2.75) is 13.0 Å². The molecule has 3 aromatic rings. The third-order valence-corrected chi connectivity index (χ3v) is 5.72. The Hall–Kier alpha value is -4.32. The SMILES string of the molecule is COc1ccc(C2C(C(=O)C=Cc3ccccc3)=C(O)C(=O)N2c2cccc(C)c2)c(OC)c1. The minimum atomic E-state index is -0.886. The molecule has 6 heteroatoms. The van der Waals surface area contributed by atoms with Gasteiger partial charge >= 0.3 is 0 Å². The molecule has 0 radical (unpaired) electrons. The van der Waals surface area contributed by atoms with Gasteiger partial charge in [0.25, 0.3) is 5.91 Å². The third kappa shape index (κ3) is 4.30. The lowest BCUT2D eigenvalue weighted by Crippen LogP contribution is -2.31. The Kier molecular flexibility index (Phi) is 6.50. The molecule has 0 aromatic heterocycles. The van der Waals surface area contributed by atoms with Crippen LogP contribution in [0, 0.1) is 6.92 Å². The number of rotatable bonds is 7. The quantitative estimate of drug-likeness (QED) is 0.496. The van der Waals surface area contributed by atoms with E-state index in [4.69, 9.17) is 9.47 Å². The number of anilines is 1. The molecular formula is C28H25NO5. The number of aryl methyl sites for hydroxylation is 1. The van der Waals surface area contributed by atoms with E-state index in [0.717, 1.165) is 11.1 Å². The van der Waals surface area contributed by atoms with Gasteiger partial charge in [-0.2, -0.15) is 0 Å². The Labute approximate surface area is 198 Å². The van der Waals surface area contributed by atoms with E-state index in [1.54, 1.807) is 37.5 Å². The summed E-state index contributed by atoms with van der Waals surface area (Å²) in [5, 5.41) is 10.9. The number of carbonyl (C=O) groups excluding carboxylic acids is 2. The van der Waals surface area contributed by atoms with Gasteiger partial charge in [-0.3, -0.25) is 14.5 Å². The second kappa shape index (κ2) is 9.67. The molecule has 6 nitrogen and oxygen atoms in total. The molecule has 0 bridgehead atoms. The number of hydrogen-bond acceptors (Lipinski definition) is 5. The summed E-state index contributed by atoms with van der Waals surface area (Å²) < 4.78 is 10.9. The van der Waals surface area contributed by atoms with Crippen LogP contribution in [0.1, 0.15) is 22.7 Å². The van der Waals surface area contributed by atoms with Crippen LogP contribution >= 0.6 is 0 Å². The van der Waals surface area contributed by atoms with Gasteiger partial charge in [-0.25, -0.2) is 0 Å². The minimum Gasteiger partial charge on any atom is -0.503 e. The number of ether oxygens (including phenoxy) is 2. The standard InChI is InChI=1S/C28H25NO5/c1-18-8-7-11-20(16-18)29-26(22-14-13-21(33-2)17-24(22)34-3)25(27(31)28(29)32)23(30)15-12-19-9-5-4-6-10-19/h4-17,26,31H,1-3H3. The number of amides is 1. The highest BCUT2D eigenvalue weighted by Crippen LogP contribution is 2.45. The second-order valence-corrected chi connectivity index (χ2v) is 7.90. The smallest absolute Gasteiger partial charge is 0.294 e. The topological polar surface area (TPSA) is 76.1 Å². The van der Waals surface area contributed by atoms with Crippen molar-refractivity contribution in [2.24, 2.45) is 0 Å². The van der Waals surface area contributed by atoms with Crippen molar-refractivity contribution < 1.29 is 24.2 Å². The van der Waals surface area contributed by atoms with E-state index in [2.05, 4.69) is 0 Å². The molecule has 0 aliphatic carbocycles. The molecule has 0 spiro atoms. The van der Waals surface area contributed by atoms with Crippen LogP contribution in [0.3, 0.4) is 0 Å². The average Bonchev–Trinajstić information content (AvgIpc) is 3.12. The molecule has 0 saturated carbocycles. The fourth-order valence-corrected chi connectivity index (χ4v) is 4.07. The van der Waals surface area contributed by atoms with Crippen molar-refractivity contribution >= 4 is 23.5 Å². The molecule has 1 amide bonds. The van der Waals surface area contributed by atoms with Crippen LogP contribution < -0.4 is 14.4 Å². The van der Waals surface area contributed by atoms with E-state index in [0.29, 0.717) is 22.7 Å². The summed E-state index contributed by atoms with van der Waals surface area (Å²) in [6, 6.07) is 21.0. The highest BCUT2D eigenvalue weighted by Gasteiger charge is 2.45. The van der Waals surface area contributed by atoms with Crippen molar-refractivity contribution in [1.82, 2.24) is 0 Å². The first kappa shape index (κ1) is 22.9. The monoisotopic (exact) mass is 455 g/mol. The summed E-state index contributed by atoms with van der Waals surface area (Å²) in [5.41, 5.74) is 2.87. The van der Waals surface area contributed by atoms with Crippen LogP contribution in [-0.2, 0) is 9.59 Å². The first-order valence-electron chi connectivity index (χ1n) is 10.8. The minimum absolute atomic E-state index is 0.0119. The van der Waals surface area contributed by atoms with Crippen LogP contribution in [0.2, 0.25) is 0 Å². The number of allylic oxidation sites excluding steroid dienone is 1. The molecule has 0 fully saturated rings. The lowest BCUT2D eigenvalue weighted by molar-refractivity contribution is -0.117. The van der Waals surface area contributed by atoms with Crippen molar-refractivity contribution in [3.63, 3.8) is 0 Å². The van der Waals surface area contributed by atoms with E-state index in [-0.39, 0.29) is 5.57 Å². The zero-order valence-corrected chi connectivity index (χ0v) is 19.2. The molecule has 1 N–H and O–H groups in total. The molecule has 172 valence electrons. The van der Waals surface area contributed by atoms with Gasteiger partial charge in [-0.05, 0) is 48.4 Å². The first-order chi connectivity index (χ1) is 16.4. The van der Waals surface area contributed by atoms with E-state index in [1.807, 2.05) is 55.5 Å². The molecular weight excluding hydrogens is 430 g/mol. The Morgan fingerprint density at radius 1 is 0.971 bits per heavy atom. The Morgan fingerprint density at radius 3 is 2.41 bits per heavy atom. The number of aliphatic hydroxyl groups is 1. The van der Waals surface area contributed by atoms with Crippen LogP contribution in [0.15, 0.2) is 90.2 Å². The van der Waals surface area contributed by atoms with Crippen molar-refractivity contribution in [3.8, 4) is 11.5 Å². The highest BCUT2D eigenvalue weighted by atomic mass is 16.5. The van der Waals surface area contributed by atoms with Gasteiger partial charge in [-0.15, -0.1) is 0 Å². The number of hydrogen-bond donors (Lipinski definition) is 1. The number of carbonyl (C=O) groups is 2. The molecule has 1 atom stereocenters. The summed E-state index contributed by atoms with van der Waals surface area (Å²) in [6.45, 7) is 1.91. The number of benzene rings is 3. The van der Waals surface area contributed by atoms with Gasteiger partial charge < -0.3 is 14.6 Å². The maximum atomic E-state index is 13.4. The molecule has 4 rings (SSSR count). The van der Waals surface area contributed by atoms with Gasteiger partial charge in [0.1, 0.15) is 11.5 Å². The van der Waals surface area contributed by atoms with Crippen molar-refractivity contribution in [1.29, 1.82) is 0 Å². The Morgan fingerprint density at radius 2 is 1.74 bits per heavy atom. The van der Waals surface area contributed by atoms with E-state index >= 15 is 0 Å². The summed E-state index contributed by atoms with van der Waals surface area (Å²) in [7, 11) is 3.05. The molecule has 1 aliphatic rings. The van der Waals surface area contributed by atoms with Crippen molar-refractivity contribution in [2.75, 3.05) is 19.1 Å². The van der Waals surface area contributed by atoms with Gasteiger partial charge in [0.2, 0.25) is 0 Å². The largest absolute Gasteiger partial charge is 0.503 e. The first-order valence-corrected chi connectivity index (χ1v) is 10.8. The molecule has 34 heavy (non-hydrogen) atoms. The Bertz CT molecular complexity index is 1290. The second-order valence-electron chi connectivity index (χ2n) is 7.90. The van der Waals surface area contributed by atoms with E-state index < -0.39 is 23.5 Å². The summed E-state index contributed by atoms with van der Waals surface area (Å²) in [6.07, 6.45) is 3.03. The molecule has 1 aliphatic heterocycles. The summed E-state index contributed by atoms with van der Waals surface area (Å²) >= 11 is 0. The zero-order chi connectivity index (χ0) is 24.2. The van der Waals surface area contributed by atoms with Crippen LogP contribution in [0.4, 0.5) is 5.69 Å². The normalized spacial score (nSPS) is 15.8. The predicted molar refractivity (Wildman–Crippen MR) is 131 cm³/mol.